The van der Waals surface area contributed by atoms with Gasteiger partial charge in [0.25, 0.3) is 0 Å². The average molecular weight is 392 g/mol. The number of benzene rings is 1. The van der Waals surface area contributed by atoms with Gasteiger partial charge in [-0.3, -0.25) is 10.6 Å². The van der Waals surface area contributed by atoms with Gasteiger partial charge in [0.2, 0.25) is 0 Å². The Balaban J connectivity index is 1.93. The van der Waals surface area contributed by atoms with Crippen LogP contribution in [0.1, 0.15) is 18.9 Å². The van der Waals surface area contributed by atoms with E-state index in [2.05, 4.69) is 31.9 Å². The number of hydrogen-bond donors (Lipinski definition) is 6. The molecule has 27 heavy (non-hydrogen) atoms. The maximum Gasteiger partial charge on any atom is 0.419 e. The van der Waals surface area contributed by atoms with Crippen molar-refractivity contribution in [3.05, 3.63) is 29.6 Å². The fourth-order valence-electron chi connectivity index (χ4n) is 2.74. The van der Waals surface area contributed by atoms with Crippen LogP contribution in [0.2, 0.25) is 0 Å². The summed E-state index contributed by atoms with van der Waals surface area (Å²) in [5.74, 6) is -1.40. The lowest BCUT2D eigenvalue weighted by Crippen LogP contribution is -2.68. The summed E-state index contributed by atoms with van der Waals surface area (Å²) in [6.45, 7) is 3.47. The SMILES string of the molecule is CNCCNC1CC(C)NC(NC(=O)Nc2ccc(F)c(C(F)(F)F)c2)N1. The Kier molecular flexibility index (Phi) is 7.36. The second-order valence-electron chi connectivity index (χ2n) is 6.30. The third-order valence-corrected chi connectivity index (χ3v) is 3.98. The summed E-state index contributed by atoms with van der Waals surface area (Å²) in [6.07, 6.45) is -4.67. The molecule has 1 aromatic rings. The van der Waals surface area contributed by atoms with Gasteiger partial charge in [-0.05, 0) is 38.6 Å². The van der Waals surface area contributed by atoms with Crippen molar-refractivity contribution in [3.8, 4) is 0 Å². The van der Waals surface area contributed by atoms with E-state index in [1.165, 1.54) is 0 Å². The lowest BCUT2D eigenvalue weighted by atomic mass is 10.1. The molecule has 1 saturated heterocycles. The van der Waals surface area contributed by atoms with E-state index in [9.17, 15) is 22.4 Å². The fraction of sp³-hybridized carbons (Fsp3) is 0.562. The summed E-state index contributed by atoms with van der Waals surface area (Å²) in [4.78, 5) is 12.1. The molecule has 1 aliphatic rings. The molecule has 2 amide bonds. The van der Waals surface area contributed by atoms with Crippen LogP contribution in [0.3, 0.4) is 0 Å². The minimum Gasteiger partial charge on any atom is -0.318 e. The summed E-state index contributed by atoms with van der Waals surface area (Å²) in [5.41, 5.74) is -1.59. The third-order valence-electron chi connectivity index (χ3n) is 3.98. The van der Waals surface area contributed by atoms with Gasteiger partial charge in [-0.25, -0.2) is 9.18 Å². The van der Waals surface area contributed by atoms with Crippen LogP contribution >= 0.6 is 0 Å². The molecule has 1 aromatic carbocycles. The normalized spacial score (nSPS) is 23.1. The monoisotopic (exact) mass is 392 g/mol. The van der Waals surface area contributed by atoms with Crippen LogP contribution in [0.25, 0.3) is 0 Å². The Morgan fingerprint density at radius 3 is 2.67 bits per heavy atom. The molecule has 7 nitrogen and oxygen atoms in total. The minimum absolute atomic E-state index is 0.0393. The first-order valence-corrected chi connectivity index (χ1v) is 8.53. The Morgan fingerprint density at radius 2 is 2.00 bits per heavy atom. The fourth-order valence-corrected chi connectivity index (χ4v) is 2.74. The average Bonchev–Trinajstić information content (AvgIpc) is 2.55. The molecule has 0 bridgehead atoms. The molecule has 3 atom stereocenters. The van der Waals surface area contributed by atoms with Crippen molar-refractivity contribution >= 4 is 11.7 Å². The van der Waals surface area contributed by atoms with Gasteiger partial charge in [-0.1, -0.05) is 0 Å². The number of likely N-dealkylation sites (N-methyl/N-ethyl adjacent to an activating group) is 1. The summed E-state index contributed by atoms with van der Waals surface area (Å²) in [6, 6.07) is 1.67. The van der Waals surface area contributed by atoms with Crippen LogP contribution in [0, 0.1) is 5.82 Å². The van der Waals surface area contributed by atoms with Crippen molar-refractivity contribution in [2.75, 3.05) is 25.5 Å². The molecule has 2 rings (SSSR count). The van der Waals surface area contributed by atoms with E-state index in [1.807, 2.05) is 14.0 Å². The first kappa shape index (κ1) is 21.4. The molecular formula is C16H24F4N6O. The van der Waals surface area contributed by atoms with Gasteiger partial charge in [-0.15, -0.1) is 0 Å². The van der Waals surface area contributed by atoms with Crippen LogP contribution < -0.4 is 31.9 Å². The van der Waals surface area contributed by atoms with Crippen LogP contribution in [0.4, 0.5) is 28.0 Å². The molecule has 1 fully saturated rings. The predicted molar refractivity (Wildman–Crippen MR) is 93.4 cm³/mol. The van der Waals surface area contributed by atoms with Crippen LogP contribution in [-0.4, -0.2) is 44.7 Å². The number of carbonyl (C=O) groups is 1. The molecule has 3 unspecified atom stereocenters. The molecule has 152 valence electrons. The lowest BCUT2D eigenvalue weighted by Gasteiger charge is -2.36. The van der Waals surface area contributed by atoms with Gasteiger partial charge < -0.3 is 21.3 Å². The number of halogens is 4. The van der Waals surface area contributed by atoms with Gasteiger partial charge in [0.15, 0.2) is 0 Å². The van der Waals surface area contributed by atoms with E-state index in [4.69, 9.17) is 0 Å². The van der Waals surface area contributed by atoms with Crippen LogP contribution in [0.5, 0.6) is 0 Å². The maximum atomic E-state index is 13.3. The Hall–Kier alpha value is -1.95. The van der Waals surface area contributed by atoms with E-state index < -0.39 is 29.9 Å². The predicted octanol–water partition coefficient (Wildman–Crippen LogP) is 1.36. The van der Waals surface area contributed by atoms with Crippen LogP contribution in [-0.2, 0) is 6.18 Å². The number of carbonyl (C=O) groups excluding carboxylic acids is 1. The molecule has 6 N–H and O–H groups in total. The number of urea groups is 1. The van der Waals surface area contributed by atoms with Crippen molar-refractivity contribution in [3.63, 3.8) is 0 Å². The van der Waals surface area contributed by atoms with E-state index in [0.29, 0.717) is 12.1 Å². The molecule has 0 spiro atoms. The number of nitrogens with one attached hydrogen (secondary N) is 6. The number of rotatable bonds is 6. The molecule has 11 heteroatoms. The highest BCUT2D eigenvalue weighted by Gasteiger charge is 2.34. The minimum atomic E-state index is -4.84. The van der Waals surface area contributed by atoms with E-state index in [0.717, 1.165) is 25.6 Å². The Labute approximate surface area is 154 Å². The van der Waals surface area contributed by atoms with E-state index >= 15 is 0 Å². The Bertz CT molecular complexity index is 642. The first-order valence-electron chi connectivity index (χ1n) is 8.53. The molecule has 0 aromatic heterocycles. The quantitative estimate of drug-likeness (QED) is 0.325. The topological polar surface area (TPSA) is 89.2 Å². The lowest BCUT2D eigenvalue weighted by molar-refractivity contribution is -0.139. The number of hydrogen-bond acceptors (Lipinski definition) is 5. The number of alkyl halides is 3. The highest BCUT2D eigenvalue weighted by molar-refractivity contribution is 5.89. The van der Waals surface area contributed by atoms with Crippen molar-refractivity contribution in [1.29, 1.82) is 0 Å². The zero-order chi connectivity index (χ0) is 20.0. The van der Waals surface area contributed by atoms with Gasteiger partial charge in [-0.2, -0.15) is 13.2 Å². The van der Waals surface area contributed by atoms with Crippen molar-refractivity contribution in [2.45, 2.75) is 38.0 Å². The molecule has 0 radical (unpaired) electrons. The summed E-state index contributed by atoms with van der Waals surface area (Å²) in [5, 5.41) is 17.4. The van der Waals surface area contributed by atoms with E-state index in [-0.39, 0.29) is 17.9 Å². The zero-order valence-electron chi connectivity index (χ0n) is 15.0. The second kappa shape index (κ2) is 9.31. The molecule has 1 aliphatic heterocycles. The summed E-state index contributed by atoms with van der Waals surface area (Å²) < 4.78 is 51.6. The standard InChI is InChI=1S/C16H24F4N6O/c1-9-7-13(22-6-5-21-2)25-14(23-9)26-15(27)24-10-3-4-12(17)11(8-10)16(18,19)20/h3-4,8-9,13-14,21-23,25H,5-7H2,1-2H3,(H2,24,26,27). The molecular weight excluding hydrogens is 368 g/mol. The van der Waals surface area contributed by atoms with E-state index in [1.54, 1.807) is 0 Å². The maximum absolute atomic E-state index is 13.3. The van der Waals surface area contributed by atoms with Crippen LogP contribution in [0.15, 0.2) is 18.2 Å². The Morgan fingerprint density at radius 1 is 1.26 bits per heavy atom. The number of amides is 2. The van der Waals surface area contributed by atoms with Gasteiger partial charge in [0.1, 0.15) is 12.1 Å². The largest absolute Gasteiger partial charge is 0.419 e. The van der Waals surface area contributed by atoms with Crippen molar-refractivity contribution < 1.29 is 22.4 Å². The van der Waals surface area contributed by atoms with Gasteiger partial charge in [0.05, 0.1) is 11.7 Å². The summed E-state index contributed by atoms with van der Waals surface area (Å²) >= 11 is 0. The van der Waals surface area contributed by atoms with Crippen molar-refractivity contribution in [1.82, 2.24) is 26.6 Å². The third kappa shape index (κ3) is 6.61. The molecule has 1 heterocycles. The van der Waals surface area contributed by atoms with Gasteiger partial charge in [0, 0.05) is 24.8 Å². The molecule has 0 aliphatic carbocycles. The smallest absolute Gasteiger partial charge is 0.318 e. The molecule has 0 saturated carbocycles. The number of anilines is 1. The summed E-state index contributed by atoms with van der Waals surface area (Å²) in [7, 11) is 1.84. The first-order chi connectivity index (χ1) is 12.7. The zero-order valence-corrected chi connectivity index (χ0v) is 15.0. The van der Waals surface area contributed by atoms with Crippen molar-refractivity contribution in [2.24, 2.45) is 0 Å². The second-order valence-corrected chi connectivity index (χ2v) is 6.30. The van der Waals surface area contributed by atoms with Gasteiger partial charge >= 0.3 is 12.2 Å². The highest BCUT2D eigenvalue weighted by atomic mass is 19.4. The highest BCUT2D eigenvalue weighted by Crippen LogP contribution is 2.32.